The number of carbonyl (C=O) groups excluding carboxylic acids is 1. The predicted octanol–water partition coefficient (Wildman–Crippen LogP) is 4.26. The van der Waals surface area contributed by atoms with Gasteiger partial charge in [-0.05, 0) is 0 Å². The topological polar surface area (TPSA) is 73.6 Å². The van der Waals surface area contributed by atoms with E-state index in [-0.39, 0.29) is 5.91 Å². The third-order valence-electron chi connectivity index (χ3n) is 3.57. The van der Waals surface area contributed by atoms with Gasteiger partial charge in [-0.2, -0.15) is 0 Å². The number of halogens is 1. The van der Waals surface area contributed by atoms with Gasteiger partial charge in [0.15, 0.2) is 5.76 Å². The Hall–Kier alpha value is -2.99. The molecule has 0 spiro atoms. The molecule has 1 aromatic heterocycles. The van der Waals surface area contributed by atoms with E-state index in [1.165, 1.54) is 20.4 Å². The van der Waals surface area contributed by atoms with Crippen LogP contribution in [0.25, 0.3) is 11.3 Å². The Bertz CT molecular complexity index is 893. The molecule has 128 valence electrons. The molecule has 0 saturated carbocycles. The molecule has 0 aliphatic heterocycles. The van der Waals surface area contributed by atoms with Gasteiger partial charge in [0.05, 0.1) is 31.1 Å². The summed E-state index contributed by atoms with van der Waals surface area (Å²) in [6, 6.07) is 12.4. The maximum atomic E-state index is 12.7. The number of benzene rings is 2. The van der Waals surface area contributed by atoms with Crippen molar-refractivity contribution in [3.8, 4) is 22.8 Å². The van der Waals surface area contributed by atoms with E-state index in [2.05, 4.69) is 10.5 Å². The molecule has 0 bridgehead atoms. The first-order valence-corrected chi connectivity index (χ1v) is 7.74. The molecule has 0 unspecified atom stereocenters. The van der Waals surface area contributed by atoms with Crippen LogP contribution >= 0.6 is 11.6 Å². The molecule has 3 aromatic rings. The first-order valence-electron chi connectivity index (χ1n) is 7.37. The number of nitrogens with one attached hydrogen (secondary N) is 1. The van der Waals surface area contributed by atoms with Crippen LogP contribution in [0.1, 0.15) is 10.4 Å². The van der Waals surface area contributed by atoms with E-state index in [0.29, 0.717) is 33.5 Å². The van der Waals surface area contributed by atoms with Crippen molar-refractivity contribution >= 4 is 23.2 Å². The van der Waals surface area contributed by atoms with Crippen LogP contribution in [0.4, 0.5) is 5.69 Å². The second kappa shape index (κ2) is 7.27. The number of hydrogen-bond acceptors (Lipinski definition) is 5. The molecule has 1 N–H and O–H groups in total. The Labute approximate surface area is 149 Å². The quantitative estimate of drug-likeness (QED) is 0.737. The zero-order valence-electron chi connectivity index (χ0n) is 13.6. The Morgan fingerprint density at radius 1 is 1.12 bits per heavy atom. The number of hydrogen-bond donors (Lipinski definition) is 1. The maximum Gasteiger partial charge on any atom is 0.261 e. The molecule has 2 aromatic carbocycles. The standard InChI is InChI=1S/C18H15ClN2O4/c1-23-15-9-14(16(24-2)8-13(15)19)21-18(22)12-10-20-25-17(12)11-6-4-3-5-7-11/h3-10H,1-2H3,(H,21,22). The number of carbonyl (C=O) groups is 1. The van der Waals surface area contributed by atoms with Crippen molar-refractivity contribution in [2.45, 2.75) is 0 Å². The second-order valence-electron chi connectivity index (χ2n) is 5.08. The molecule has 1 amide bonds. The van der Waals surface area contributed by atoms with Crippen LogP contribution < -0.4 is 14.8 Å². The largest absolute Gasteiger partial charge is 0.495 e. The van der Waals surface area contributed by atoms with Gasteiger partial charge < -0.3 is 19.3 Å². The average molecular weight is 359 g/mol. The fourth-order valence-electron chi connectivity index (χ4n) is 2.35. The normalized spacial score (nSPS) is 10.4. The lowest BCUT2D eigenvalue weighted by Gasteiger charge is -2.13. The Kier molecular flexibility index (Phi) is 4.90. The summed E-state index contributed by atoms with van der Waals surface area (Å²) < 4.78 is 15.7. The zero-order valence-corrected chi connectivity index (χ0v) is 14.3. The number of methoxy groups -OCH3 is 2. The van der Waals surface area contributed by atoms with Crippen molar-refractivity contribution in [2.75, 3.05) is 19.5 Å². The summed E-state index contributed by atoms with van der Waals surface area (Å²) >= 11 is 6.08. The van der Waals surface area contributed by atoms with Gasteiger partial charge in [0.2, 0.25) is 0 Å². The summed E-state index contributed by atoms with van der Waals surface area (Å²) in [6.45, 7) is 0. The number of rotatable bonds is 5. The average Bonchev–Trinajstić information content (AvgIpc) is 3.13. The molecular formula is C18H15ClN2O4. The van der Waals surface area contributed by atoms with Crippen LogP contribution in [-0.2, 0) is 0 Å². The molecule has 1 heterocycles. The summed E-state index contributed by atoms with van der Waals surface area (Å²) in [7, 11) is 2.98. The third-order valence-corrected chi connectivity index (χ3v) is 3.87. The van der Waals surface area contributed by atoms with Crippen LogP contribution in [0, 0.1) is 0 Å². The first kappa shape index (κ1) is 16.9. The molecule has 7 heteroatoms. The van der Waals surface area contributed by atoms with E-state index in [9.17, 15) is 4.79 Å². The SMILES string of the molecule is COc1cc(NC(=O)c2cnoc2-c2ccccc2)c(OC)cc1Cl. The molecule has 25 heavy (non-hydrogen) atoms. The first-order chi connectivity index (χ1) is 12.1. The van der Waals surface area contributed by atoms with Gasteiger partial charge in [-0.3, -0.25) is 4.79 Å². The van der Waals surface area contributed by atoms with Crippen molar-refractivity contribution in [1.82, 2.24) is 5.16 Å². The molecule has 0 fully saturated rings. The number of anilines is 1. The Balaban J connectivity index is 1.93. The highest BCUT2D eigenvalue weighted by Gasteiger charge is 2.20. The Morgan fingerprint density at radius 2 is 1.84 bits per heavy atom. The van der Waals surface area contributed by atoms with Gasteiger partial charge in [0, 0.05) is 17.7 Å². The minimum atomic E-state index is -0.386. The minimum Gasteiger partial charge on any atom is -0.495 e. The van der Waals surface area contributed by atoms with Crippen molar-refractivity contribution in [3.63, 3.8) is 0 Å². The van der Waals surface area contributed by atoms with Gasteiger partial charge >= 0.3 is 0 Å². The van der Waals surface area contributed by atoms with Crippen LogP contribution in [-0.4, -0.2) is 25.3 Å². The third kappa shape index (κ3) is 3.44. The number of aromatic nitrogens is 1. The van der Waals surface area contributed by atoms with Crippen molar-refractivity contribution in [2.24, 2.45) is 0 Å². The second-order valence-corrected chi connectivity index (χ2v) is 5.48. The van der Waals surface area contributed by atoms with Gasteiger partial charge in [-0.1, -0.05) is 47.1 Å². The molecule has 6 nitrogen and oxygen atoms in total. The summed E-state index contributed by atoms with van der Waals surface area (Å²) in [5, 5.41) is 6.89. The van der Waals surface area contributed by atoms with Gasteiger partial charge in [0.25, 0.3) is 5.91 Å². The van der Waals surface area contributed by atoms with Crippen LogP contribution in [0.2, 0.25) is 5.02 Å². The van der Waals surface area contributed by atoms with Gasteiger partial charge in [0.1, 0.15) is 17.1 Å². The number of ether oxygens (including phenoxy) is 2. The summed E-state index contributed by atoms with van der Waals surface area (Å²) in [5.74, 6) is 0.837. The minimum absolute atomic E-state index is 0.308. The van der Waals surface area contributed by atoms with Crippen molar-refractivity contribution < 1.29 is 18.8 Å². The van der Waals surface area contributed by atoms with Crippen LogP contribution in [0.3, 0.4) is 0 Å². The fourth-order valence-corrected chi connectivity index (χ4v) is 2.58. The van der Waals surface area contributed by atoms with Crippen molar-refractivity contribution in [3.05, 3.63) is 59.2 Å². The van der Waals surface area contributed by atoms with E-state index in [1.807, 2.05) is 30.3 Å². The highest BCUT2D eigenvalue weighted by atomic mass is 35.5. The van der Waals surface area contributed by atoms with Crippen LogP contribution in [0.15, 0.2) is 53.2 Å². The van der Waals surface area contributed by atoms with E-state index >= 15 is 0 Å². The van der Waals surface area contributed by atoms with Gasteiger partial charge in [-0.15, -0.1) is 0 Å². The Morgan fingerprint density at radius 3 is 2.52 bits per heavy atom. The summed E-state index contributed by atoms with van der Waals surface area (Å²) in [4.78, 5) is 12.7. The molecule has 0 aliphatic carbocycles. The monoisotopic (exact) mass is 358 g/mol. The zero-order chi connectivity index (χ0) is 17.8. The van der Waals surface area contributed by atoms with E-state index in [4.69, 9.17) is 25.6 Å². The number of amides is 1. The summed E-state index contributed by atoms with van der Waals surface area (Å²) in [5.41, 5.74) is 1.49. The summed E-state index contributed by atoms with van der Waals surface area (Å²) in [6.07, 6.45) is 1.37. The number of nitrogens with zero attached hydrogens (tertiary/aromatic N) is 1. The molecular weight excluding hydrogens is 344 g/mol. The molecule has 0 saturated heterocycles. The van der Waals surface area contributed by atoms with Crippen molar-refractivity contribution in [1.29, 1.82) is 0 Å². The fraction of sp³-hybridized carbons (Fsp3) is 0.111. The highest BCUT2D eigenvalue weighted by molar-refractivity contribution is 6.32. The molecule has 0 radical (unpaired) electrons. The highest BCUT2D eigenvalue weighted by Crippen LogP contribution is 2.36. The molecule has 0 aliphatic rings. The van der Waals surface area contributed by atoms with E-state index < -0.39 is 0 Å². The van der Waals surface area contributed by atoms with E-state index in [1.54, 1.807) is 12.1 Å². The molecule has 3 rings (SSSR count). The lowest BCUT2D eigenvalue weighted by molar-refractivity contribution is 0.102. The maximum absolute atomic E-state index is 12.7. The van der Waals surface area contributed by atoms with E-state index in [0.717, 1.165) is 5.56 Å². The van der Waals surface area contributed by atoms with Crippen LogP contribution in [0.5, 0.6) is 11.5 Å². The predicted molar refractivity (Wildman–Crippen MR) is 94.4 cm³/mol. The lowest BCUT2D eigenvalue weighted by Crippen LogP contribution is -2.13. The smallest absolute Gasteiger partial charge is 0.261 e. The molecule has 0 atom stereocenters. The lowest BCUT2D eigenvalue weighted by atomic mass is 10.1. The van der Waals surface area contributed by atoms with Gasteiger partial charge in [-0.25, -0.2) is 0 Å².